The van der Waals surface area contributed by atoms with Gasteiger partial charge in [0.2, 0.25) is 11.9 Å². The number of amides is 1. The highest BCUT2D eigenvalue weighted by molar-refractivity contribution is 6.36. The zero-order chi connectivity index (χ0) is 33.8. The van der Waals surface area contributed by atoms with Gasteiger partial charge in [0.1, 0.15) is 6.07 Å². The van der Waals surface area contributed by atoms with Crippen molar-refractivity contribution in [3.05, 3.63) is 106 Å². The Balaban J connectivity index is 1.42. The van der Waals surface area contributed by atoms with Crippen LogP contribution in [0.2, 0.25) is 5.02 Å². The van der Waals surface area contributed by atoms with Gasteiger partial charge in [0, 0.05) is 32.7 Å². The molecule has 6 rings (SSSR count). The van der Waals surface area contributed by atoms with Gasteiger partial charge in [0.25, 0.3) is 0 Å². The molecule has 0 spiro atoms. The third-order valence-electron chi connectivity index (χ3n) is 8.66. The van der Waals surface area contributed by atoms with Crippen molar-refractivity contribution in [2.75, 3.05) is 47.8 Å². The Morgan fingerprint density at radius 3 is 2.23 bits per heavy atom. The predicted octanol–water partition coefficient (Wildman–Crippen LogP) is 4.88. The van der Waals surface area contributed by atoms with Gasteiger partial charge in [-0.25, -0.2) is 4.98 Å². The fraction of sp³-hybridized carbons (Fsp3) is 0.257. The summed E-state index contributed by atoms with van der Waals surface area (Å²) in [4.78, 5) is 27.5. The molecule has 0 saturated carbocycles. The summed E-state index contributed by atoms with van der Waals surface area (Å²) in [5.41, 5.74) is 9.83. The zero-order valence-electron chi connectivity index (χ0n) is 26.6. The maximum atomic E-state index is 11.7. The molecule has 0 bridgehead atoms. The Bertz CT molecular complexity index is 1970. The summed E-state index contributed by atoms with van der Waals surface area (Å²) in [6.45, 7) is 6.80. The molecule has 1 aliphatic heterocycles. The van der Waals surface area contributed by atoms with Gasteiger partial charge in [-0.2, -0.15) is 20.0 Å². The third kappa shape index (κ3) is 6.32. The van der Waals surface area contributed by atoms with Crippen LogP contribution in [0.3, 0.4) is 0 Å². The lowest BCUT2D eigenvalue weighted by Crippen LogP contribution is -2.53. The van der Waals surface area contributed by atoms with E-state index in [-0.39, 0.29) is 29.6 Å². The van der Waals surface area contributed by atoms with Crippen LogP contribution in [0.4, 0.5) is 23.1 Å². The van der Waals surface area contributed by atoms with E-state index in [1.807, 2.05) is 48.2 Å². The summed E-state index contributed by atoms with van der Waals surface area (Å²) in [5.74, 6) is 0.323. The minimum atomic E-state index is -0.376. The van der Waals surface area contributed by atoms with Crippen LogP contribution in [0.1, 0.15) is 42.3 Å². The summed E-state index contributed by atoms with van der Waals surface area (Å²) in [7, 11) is 0. The molecular weight excluding hydrogens is 626 g/mol. The number of aromatic nitrogens is 4. The van der Waals surface area contributed by atoms with E-state index in [1.165, 1.54) is 10.7 Å². The van der Waals surface area contributed by atoms with Gasteiger partial charge in [-0.1, -0.05) is 72.3 Å². The van der Waals surface area contributed by atoms with Gasteiger partial charge in [-0.15, -0.1) is 5.10 Å². The molecule has 3 aromatic carbocycles. The van der Waals surface area contributed by atoms with Gasteiger partial charge in [0.05, 0.1) is 46.3 Å². The number of nitrogens with two attached hydrogens (primary N) is 1. The highest BCUT2D eigenvalue weighted by atomic mass is 35.5. The number of fused-ring (bicyclic) bond motifs is 1. The van der Waals surface area contributed by atoms with E-state index >= 15 is 0 Å². The Labute approximate surface area is 283 Å². The molecule has 3 heterocycles. The first-order valence-corrected chi connectivity index (χ1v) is 16.0. The van der Waals surface area contributed by atoms with E-state index in [0.29, 0.717) is 66.1 Å². The van der Waals surface area contributed by atoms with Gasteiger partial charge in [-0.3, -0.25) is 9.69 Å². The van der Waals surface area contributed by atoms with Gasteiger partial charge < -0.3 is 20.9 Å². The molecular formula is C35H34ClN11O. The first-order valence-electron chi connectivity index (χ1n) is 15.6. The molecule has 1 amide bonds. The molecule has 12 nitrogen and oxygen atoms in total. The molecule has 1 fully saturated rings. The third-order valence-corrected chi connectivity index (χ3v) is 9.05. The molecule has 3 N–H and O–H groups in total. The average molecular weight is 660 g/mol. The van der Waals surface area contributed by atoms with Crippen molar-refractivity contribution in [1.29, 1.82) is 10.5 Å². The molecule has 1 saturated heterocycles. The predicted molar refractivity (Wildman–Crippen MR) is 185 cm³/mol. The van der Waals surface area contributed by atoms with Gasteiger partial charge >= 0.3 is 0 Å². The number of carbonyl (C=O) groups excluding carboxylic acids is 1. The maximum Gasteiger partial charge on any atom is 0.247 e. The number of hydrogen-bond donors (Lipinski definition) is 2. The van der Waals surface area contributed by atoms with Crippen molar-refractivity contribution in [3.63, 3.8) is 0 Å². The highest BCUT2D eigenvalue weighted by Gasteiger charge is 2.28. The standard InChI is InChI=1S/C35H34ClN11O/c1-3-46(31(25-10-6-4-7-11-25)26-12-8-5-9-13-26)34-33-40-22-27(21-38)47(33)43-35(42-34)41-28-18-24(20-37)19-29(30(28)36)45-16-14-44(15-17-45)23(2)32(39)48/h4-13,18-19,22-23,31H,3,14-17H2,1-2H3,(H2,39,48)(H,41,43). The molecule has 5 aromatic rings. The van der Waals surface area contributed by atoms with Crippen LogP contribution in [-0.2, 0) is 4.79 Å². The van der Waals surface area contributed by atoms with Crippen LogP contribution in [0, 0.1) is 22.7 Å². The quantitative estimate of drug-likeness (QED) is 0.212. The Morgan fingerprint density at radius 1 is 1.02 bits per heavy atom. The smallest absolute Gasteiger partial charge is 0.247 e. The van der Waals surface area contributed by atoms with Crippen molar-refractivity contribution in [3.8, 4) is 12.1 Å². The number of halogens is 1. The molecule has 2 aromatic heterocycles. The van der Waals surface area contributed by atoms with Crippen LogP contribution in [0.5, 0.6) is 0 Å². The molecule has 242 valence electrons. The monoisotopic (exact) mass is 659 g/mol. The van der Waals surface area contributed by atoms with Crippen molar-refractivity contribution >= 4 is 46.3 Å². The number of nitriles is 2. The molecule has 0 radical (unpaired) electrons. The van der Waals surface area contributed by atoms with Crippen LogP contribution in [0.25, 0.3) is 5.65 Å². The number of carbonyl (C=O) groups is 1. The van der Waals surface area contributed by atoms with Crippen LogP contribution >= 0.6 is 11.6 Å². The first kappa shape index (κ1) is 32.3. The second-order valence-corrected chi connectivity index (χ2v) is 11.8. The summed E-state index contributed by atoms with van der Waals surface area (Å²) >= 11 is 7.03. The number of primary amides is 1. The van der Waals surface area contributed by atoms with E-state index < -0.39 is 0 Å². The topological polar surface area (TPSA) is 156 Å². The Hall–Kier alpha value is -5.69. The summed E-state index contributed by atoms with van der Waals surface area (Å²) < 4.78 is 1.47. The first-order chi connectivity index (χ1) is 23.3. The van der Waals surface area contributed by atoms with E-state index in [4.69, 9.17) is 22.3 Å². The Kier molecular flexibility index (Phi) is 9.39. The molecule has 1 unspecified atom stereocenters. The SMILES string of the molecule is CCN(c1nc(Nc2cc(C#N)cc(N3CCN(C(C)C(N)=O)CC3)c2Cl)nn2c(C#N)cnc12)C(c1ccccc1)c1ccccc1. The fourth-order valence-corrected chi connectivity index (χ4v) is 6.39. The number of hydrogen-bond acceptors (Lipinski definition) is 10. The van der Waals surface area contributed by atoms with Gasteiger partial charge in [0.15, 0.2) is 17.2 Å². The molecule has 1 atom stereocenters. The molecule has 0 aliphatic carbocycles. The summed E-state index contributed by atoms with van der Waals surface area (Å²) in [6.07, 6.45) is 1.48. The number of anilines is 4. The van der Waals surface area contributed by atoms with E-state index in [1.54, 1.807) is 19.1 Å². The van der Waals surface area contributed by atoms with Crippen LogP contribution in [0.15, 0.2) is 79.0 Å². The zero-order valence-corrected chi connectivity index (χ0v) is 27.3. The van der Waals surface area contributed by atoms with Crippen molar-refractivity contribution < 1.29 is 4.79 Å². The normalized spacial score (nSPS) is 14.0. The Morgan fingerprint density at radius 2 is 1.67 bits per heavy atom. The number of piperazine rings is 1. The molecule has 48 heavy (non-hydrogen) atoms. The van der Waals surface area contributed by atoms with E-state index in [0.717, 1.165) is 11.1 Å². The maximum absolute atomic E-state index is 11.7. The van der Waals surface area contributed by atoms with Crippen molar-refractivity contribution in [2.45, 2.75) is 25.9 Å². The van der Waals surface area contributed by atoms with Crippen LogP contribution in [-0.4, -0.2) is 69.2 Å². The minimum absolute atomic E-state index is 0.174. The van der Waals surface area contributed by atoms with E-state index in [9.17, 15) is 15.3 Å². The largest absolute Gasteiger partial charge is 0.368 e. The fourth-order valence-electron chi connectivity index (χ4n) is 6.11. The molecule has 1 aliphatic rings. The lowest BCUT2D eigenvalue weighted by molar-refractivity contribution is -0.122. The second-order valence-electron chi connectivity index (χ2n) is 11.5. The lowest BCUT2D eigenvalue weighted by atomic mass is 9.97. The number of nitrogens with zero attached hydrogens (tertiary/aromatic N) is 9. The minimum Gasteiger partial charge on any atom is -0.368 e. The number of imidazole rings is 1. The molecule has 13 heteroatoms. The second kappa shape index (κ2) is 14.0. The number of benzene rings is 3. The highest BCUT2D eigenvalue weighted by Crippen LogP contribution is 2.38. The van der Waals surface area contributed by atoms with Crippen molar-refractivity contribution in [1.82, 2.24) is 24.5 Å². The summed E-state index contributed by atoms with van der Waals surface area (Å²) in [6, 6.07) is 27.5. The van der Waals surface area contributed by atoms with Crippen LogP contribution < -0.4 is 20.9 Å². The average Bonchev–Trinajstić information content (AvgIpc) is 3.54. The lowest BCUT2D eigenvalue weighted by Gasteiger charge is -2.38. The number of nitrogens with one attached hydrogen (secondary N) is 1. The van der Waals surface area contributed by atoms with Crippen molar-refractivity contribution in [2.24, 2.45) is 5.73 Å². The number of rotatable bonds is 10. The summed E-state index contributed by atoms with van der Waals surface area (Å²) in [5, 5.41) is 28.2. The van der Waals surface area contributed by atoms with E-state index in [2.05, 4.69) is 61.6 Å². The van der Waals surface area contributed by atoms with Gasteiger partial charge in [-0.05, 0) is 37.1 Å².